The highest BCUT2D eigenvalue weighted by Gasteiger charge is 2.12. The van der Waals surface area contributed by atoms with Gasteiger partial charge in [-0.25, -0.2) is 4.39 Å². The number of nitrogens with zero attached hydrogens (tertiary/aromatic N) is 4. The molecular formula is C10H7ClFN5O. The topological polar surface area (TPSA) is 86.7 Å². The second-order valence-electron chi connectivity index (χ2n) is 3.28. The van der Waals surface area contributed by atoms with E-state index in [1.807, 2.05) is 0 Å². The van der Waals surface area contributed by atoms with E-state index in [1.54, 1.807) is 0 Å². The standard InChI is InChI=1S/C10H7ClFN5O/c11-7-2-3-8(17-5-14-15-16-17)6(10(7)12)1-4-9(13)18/h1-5H,(H2,13,18). The van der Waals surface area contributed by atoms with Gasteiger partial charge in [0.05, 0.1) is 10.7 Å². The van der Waals surface area contributed by atoms with Crippen LogP contribution in [0.3, 0.4) is 0 Å². The average Bonchev–Trinajstić information content (AvgIpc) is 2.84. The van der Waals surface area contributed by atoms with Crippen molar-refractivity contribution in [1.82, 2.24) is 20.2 Å². The predicted octanol–water partition coefficient (Wildman–Crippen LogP) is 0.953. The van der Waals surface area contributed by atoms with Crippen LogP contribution in [0.15, 0.2) is 24.5 Å². The molecule has 0 saturated carbocycles. The lowest BCUT2D eigenvalue weighted by Gasteiger charge is -2.07. The van der Waals surface area contributed by atoms with E-state index < -0.39 is 11.7 Å². The Labute approximate surface area is 106 Å². The highest BCUT2D eigenvalue weighted by atomic mass is 35.5. The van der Waals surface area contributed by atoms with Crippen molar-refractivity contribution >= 4 is 23.6 Å². The Morgan fingerprint density at radius 1 is 1.50 bits per heavy atom. The molecule has 0 atom stereocenters. The number of rotatable bonds is 3. The fraction of sp³-hybridized carbons (Fsp3) is 0. The van der Waals surface area contributed by atoms with Gasteiger partial charge >= 0.3 is 0 Å². The second kappa shape index (κ2) is 4.92. The molecule has 0 aliphatic rings. The van der Waals surface area contributed by atoms with Gasteiger partial charge in [0.15, 0.2) is 5.82 Å². The second-order valence-corrected chi connectivity index (χ2v) is 3.69. The summed E-state index contributed by atoms with van der Waals surface area (Å²) in [6, 6.07) is 2.90. The molecule has 18 heavy (non-hydrogen) atoms. The van der Waals surface area contributed by atoms with Crippen molar-refractivity contribution < 1.29 is 9.18 Å². The molecule has 8 heteroatoms. The maximum Gasteiger partial charge on any atom is 0.241 e. The maximum absolute atomic E-state index is 13.9. The van der Waals surface area contributed by atoms with E-state index in [-0.39, 0.29) is 10.6 Å². The van der Waals surface area contributed by atoms with E-state index in [0.717, 1.165) is 6.08 Å². The molecule has 6 nitrogen and oxygen atoms in total. The summed E-state index contributed by atoms with van der Waals surface area (Å²) < 4.78 is 15.1. The van der Waals surface area contributed by atoms with Crippen molar-refractivity contribution in [2.45, 2.75) is 0 Å². The zero-order chi connectivity index (χ0) is 13.1. The number of aromatic nitrogens is 4. The fourth-order valence-electron chi connectivity index (χ4n) is 1.35. The van der Waals surface area contributed by atoms with Crippen LogP contribution in [0.5, 0.6) is 0 Å². The van der Waals surface area contributed by atoms with Crippen molar-refractivity contribution in [3.63, 3.8) is 0 Å². The SMILES string of the molecule is NC(=O)C=Cc1c(-n2cnnn2)ccc(Cl)c1F. The summed E-state index contributed by atoms with van der Waals surface area (Å²) in [7, 11) is 0. The number of halogens is 2. The summed E-state index contributed by atoms with van der Waals surface area (Å²) >= 11 is 5.68. The van der Waals surface area contributed by atoms with Gasteiger partial charge in [0.1, 0.15) is 6.33 Å². The lowest BCUT2D eigenvalue weighted by atomic mass is 10.1. The van der Waals surface area contributed by atoms with Gasteiger partial charge in [-0.3, -0.25) is 4.79 Å². The normalized spacial score (nSPS) is 11.0. The van der Waals surface area contributed by atoms with Crippen molar-refractivity contribution in [1.29, 1.82) is 0 Å². The number of tetrazole rings is 1. The van der Waals surface area contributed by atoms with Gasteiger partial charge in [0.2, 0.25) is 5.91 Å². The molecule has 2 N–H and O–H groups in total. The van der Waals surface area contributed by atoms with E-state index in [4.69, 9.17) is 17.3 Å². The molecule has 0 bridgehead atoms. The van der Waals surface area contributed by atoms with E-state index in [1.165, 1.54) is 29.2 Å². The van der Waals surface area contributed by atoms with Crippen LogP contribution >= 0.6 is 11.6 Å². The zero-order valence-electron chi connectivity index (χ0n) is 8.92. The number of carbonyl (C=O) groups excluding carboxylic acids is 1. The van der Waals surface area contributed by atoms with Crippen LogP contribution in [-0.4, -0.2) is 26.1 Å². The molecule has 2 aromatic rings. The Morgan fingerprint density at radius 3 is 2.89 bits per heavy atom. The molecule has 1 aromatic heterocycles. The molecule has 1 amide bonds. The third kappa shape index (κ3) is 2.35. The van der Waals surface area contributed by atoms with Gasteiger partial charge in [-0.05, 0) is 28.6 Å². The van der Waals surface area contributed by atoms with Crippen LogP contribution in [0.4, 0.5) is 4.39 Å². The lowest BCUT2D eigenvalue weighted by molar-refractivity contribution is -0.113. The molecule has 0 spiro atoms. The van der Waals surface area contributed by atoms with Gasteiger partial charge in [0, 0.05) is 11.6 Å². The number of benzene rings is 1. The minimum atomic E-state index is -0.697. The minimum absolute atomic E-state index is 0.0732. The van der Waals surface area contributed by atoms with Gasteiger partial charge in [0.25, 0.3) is 0 Å². The summed E-state index contributed by atoms with van der Waals surface area (Å²) in [5.74, 6) is -1.38. The molecular weight excluding hydrogens is 261 g/mol. The molecule has 1 heterocycles. The quantitative estimate of drug-likeness (QED) is 0.839. The third-order valence-corrected chi connectivity index (χ3v) is 2.41. The minimum Gasteiger partial charge on any atom is -0.366 e. The first-order valence-corrected chi connectivity index (χ1v) is 5.16. The van der Waals surface area contributed by atoms with E-state index in [2.05, 4.69) is 15.5 Å². The first-order valence-electron chi connectivity index (χ1n) is 4.78. The maximum atomic E-state index is 13.9. The smallest absolute Gasteiger partial charge is 0.241 e. The van der Waals surface area contributed by atoms with Crippen LogP contribution in [0.2, 0.25) is 5.02 Å². The van der Waals surface area contributed by atoms with E-state index in [9.17, 15) is 9.18 Å². The Bertz CT molecular complexity index is 611. The van der Waals surface area contributed by atoms with Crippen molar-refractivity contribution in [3.8, 4) is 5.69 Å². The highest BCUT2D eigenvalue weighted by molar-refractivity contribution is 6.31. The summed E-state index contributed by atoms with van der Waals surface area (Å²) in [6.07, 6.45) is 3.55. The molecule has 0 fully saturated rings. The number of amides is 1. The predicted molar refractivity (Wildman–Crippen MR) is 62.4 cm³/mol. The number of nitrogens with two attached hydrogens (primary N) is 1. The van der Waals surface area contributed by atoms with Crippen LogP contribution in [0.1, 0.15) is 5.56 Å². The molecule has 1 aromatic carbocycles. The van der Waals surface area contributed by atoms with E-state index in [0.29, 0.717) is 5.69 Å². The largest absolute Gasteiger partial charge is 0.366 e. The molecule has 0 aliphatic heterocycles. The van der Waals surface area contributed by atoms with Crippen LogP contribution in [0, 0.1) is 5.82 Å². The number of primary amides is 1. The molecule has 2 rings (SSSR count). The van der Waals surface area contributed by atoms with Gasteiger partial charge in [-0.15, -0.1) is 5.10 Å². The average molecular weight is 268 g/mol. The Balaban J connectivity index is 2.60. The first-order chi connectivity index (χ1) is 8.59. The van der Waals surface area contributed by atoms with E-state index >= 15 is 0 Å². The summed E-state index contributed by atoms with van der Waals surface area (Å²) in [5, 5.41) is 10.5. The third-order valence-electron chi connectivity index (χ3n) is 2.12. The van der Waals surface area contributed by atoms with Crippen molar-refractivity contribution in [2.24, 2.45) is 5.73 Å². The molecule has 92 valence electrons. The zero-order valence-corrected chi connectivity index (χ0v) is 9.67. The lowest BCUT2D eigenvalue weighted by Crippen LogP contribution is -2.06. The summed E-state index contributed by atoms with van der Waals surface area (Å²) in [4.78, 5) is 10.7. The number of carbonyl (C=O) groups is 1. The summed E-state index contributed by atoms with van der Waals surface area (Å²) in [5.41, 5.74) is 5.39. The Morgan fingerprint density at radius 2 is 2.28 bits per heavy atom. The molecule has 0 unspecified atom stereocenters. The van der Waals surface area contributed by atoms with Crippen molar-refractivity contribution in [2.75, 3.05) is 0 Å². The van der Waals surface area contributed by atoms with Crippen LogP contribution in [-0.2, 0) is 4.79 Å². The van der Waals surface area contributed by atoms with Crippen LogP contribution < -0.4 is 5.73 Å². The molecule has 0 aliphatic carbocycles. The first kappa shape index (κ1) is 12.2. The van der Waals surface area contributed by atoms with Gasteiger partial charge in [-0.2, -0.15) is 4.68 Å². The highest BCUT2D eigenvalue weighted by Crippen LogP contribution is 2.25. The fourth-order valence-corrected chi connectivity index (χ4v) is 1.52. The van der Waals surface area contributed by atoms with Gasteiger partial charge < -0.3 is 5.73 Å². The van der Waals surface area contributed by atoms with Gasteiger partial charge in [-0.1, -0.05) is 11.6 Å². The number of hydrogen-bond donors (Lipinski definition) is 1. The number of hydrogen-bond acceptors (Lipinski definition) is 4. The Kier molecular flexibility index (Phi) is 3.33. The summed E-state index contributed by atoms with van der Waals surface area (Å²) in [6.45, 7) is 0. The Hall–Kier alpha value is -2.28. The molecule has 0 radical (unpaired) electrons. The monoisotopic (exact) mass is 267 g/mol. The van der Waals surface area contributed by atoms with Crippen LogP contribution in [0.25, 0.3) is 11.8 Å². The van der Waals surface area contributed by atoms with Crippen molar-refractivity contribution in [3.05, 3.63) is 40.9 Å². The molecule has 0 saturated heterocycles.